The summed E-state index contributed by atoms with van der Waals surface area (Å²) in [5.74, 6) is 0.455. The Bertz CT molecular complexity index is 833. The van der Waals surface area contributed by atoms with E-state index in [1.54, 1.807) is 24.3 Å². The van der Waals surface area contributed by atoms with Crippen LogP contribution >= 0.6 is 55.1 Å². The zero-order chi connectivity index (χ0) is 14.4. The monoisotopic (exact) mass is 434 g/mol. The zero-order valence-electron chi connectivity index (χ0n) is 9.75. The third-order valence-electron chi connectivity index (χ3n) is 2.78. The number of rotatable bonds is 1. The smallest absolute Gasteiger partial charge is 0.227 e. The van der Waals surface area contributed by atoms with E-state index < -0.39 is 0 Å². The summed E-state index contributed by atoms with van der Waals surface area (Å²) < 4.78 is 7.17. The minimum atomic E-state index is 0.450. The second kappa shape index (κ2) is 5.22. The van der Waals surface area contributed by atoms with Gasteiger partial charge in [-0.25, -0.2) is 4.98 Å². The van der Waals surface area contributed by atoms with Crippen molar-refractivity contribution in [3.8, 4) is 11.5 Å². The van der Waals surface area contributed by atoms with Gasteiger partial charge in [-0.1, -0.05) is 23.2 Å². The van der Waals surface area contributed by atoms with Crippen LogP contribution in [0.5, 0.6) is 0 Å². The van der Waals surface area contributed by atoms with Crippen molar-refractivity contribution in [2.45, 2.75) is 0 Å². The Hall–Kier alpha value is -0.750. The third-order valence-corrected chi connectivity index (χ3v) is 4.98. The lowest BCUT2D eigenvalue weighted by Gasteiger charge is -1.99. The maximum Gasteiger partial charge on any atom is 0.227 e. The molecule has 0 atom stereocenters. The molecule has 0 aliphatic carbocycles. The average molecular weight is 437 g/mol. The van der Waals surface area contributed by atoms with Crippen molar-refractivity contribution >= 4 is 71.8 Å². The van der Waals surface area contributed by atoms with Gasteiger partial charge in [-0.05, 0) is 56.1 Å². The molecule has 0 aliphatic heterocycles. The standard InChI is InChI=1S/C13H6Br2Cl2N2O/c14-6-4-9-12(10(15)11(6)18)19-13(20-9)5-1-2-7(16)8(17)3-5/h1-4H,18H2. The average Bonchev–Trinajstić information content (AvgIpc) is 2.83. The summed E-state index contributed by atoms with van der Waals surface area (Å²) in [7, 11) is 0. The van der Waals surface area contributed by atoms with Gasteiger partial charge in [0.1, 0.15) is 5.52 Å². The molecule has 0 fully saturated rings. The zero-order valence-corrected chi connectivity index (χ0v) is 14.4. The summed E-state index contributed by atoms with van der Waals surface area (Å²) in [5, 5.41) is 0.936. The first kappa shape index (κ1) is 14.2. The largest absolute Gasteiger partial charge is 0.436 e. The molecular weight excluding hydrogens is 431 g/mol. The molecule has 0 saturated carbocycles. The number of hydrogen-bond donors (Lipinski definition) is 1. The summed E-state index contributed by atoms with van der Waals surface area (Å²) >= 11 is 18.7. The van der Waals surface area contributed by atoms with Gasteiger partial charge in [0, 0.05) is 10.0 Å². The quantitative estimate of drug-likeness (QED) is 0.482. The summed E-state index contributed by atoms with van der Waals surface area (Å²) in [6.45, 7) is 0. The summed E-state index contributed by atoms with van der Waals surface area (Å²) in [6.07, 6.45) is 0. The van der Waals surface area contributed by atoms with Gasteiger partial charge in [-0.15, -0.1) is 0 Å². The Labute approximate surface area is 141 Å². The third kappa shape index (κ3) is 2.33. The molecular formula is C13H6Br2Cl2N2O. The van der Waals surface area contributed by atoms with E-state index in [4.69, 9.17) is 33.4 Å². The van der Waals surface area contributed by atoms with Gasteiger partial charge in [0.2, 0.25) is 5.89 Å². The molecule has 3 aromatic rings. The van der Waals surface area contributed by atoms with E-state index in [1.165, 1.54) is 0 Å². The van der Waals surface area contributed by atoms with Gasteiger partial charge in [-0.3, -0.25) is 0 Å². The van der Waals surface area contributed by atoms with Gasteiger partial charge < -0.3 is 10.2 Å². The number of nitrogens with two attached hydrogens (primary N) is 1. The molecule has 0 radical (unpaired) electrons. The molecule has 0 saturated heterocycles. The maximum absolute atomic E-state index is 6.01. The molecule has 1 heterocycles. The van der Waals surface area contributed by atoms with E-state index in [0.717, 1.165) is 10.0 Å². The molecule has 102 valence electrons. The van der Waals surface area contributed by atoms with Crippen molar-refractivity contribution in [3.63, 3.8) is 0 Å². The Morgan fingerprint density at radius 3 is 2.55 bits per heavy atom. The Balaban J connectivity index is 2.23. The van der Waals surface area contributed by atoms with Crippen LogP contribution in [0.1, 0.15) is 0 Å². The van der Waals surface area contributed by atoms with Gasteiger partial charge in [0.25, 0.3) is 0 Å². The SMILES string of the molecule is Nc1c(Br)cc2oc(-c3ccc(Cl)c(Cl)c3)nc2c1Br. The fourth-order valence-corrected chi connectivity index (χ4v) is 3.23. The minimum Gasteiger partial charge on any atom is -0.436 e. The number of fused-ring (bicyclic) bond motifs is 1. The number of halogens is 4. The van der Waals surface area contributed by atoms with Crippen LogP contribution in [0.4, 0.5) is 5.69 Å². The molecule has 0 spiro atoms. The van der Waals surface area contributed by atoms with E-state index in [2.05, 4.69) is 36.8 Å². The number of oxazole rings is 1. The van der Waals surface area contributed by atoms with Gasteiger partial charge in [0.05, 0.1) is 20.2 Å². The Morgan fingerprint density at radius 2 is 1.85 bits per heavy atom. The first-order valence-corrected chi connectivity index (χ1v) is 7.81. The predicted molar refractivity (Wildman–Crippen MR) is 89.3 cm³/mol. The molecule has 20 heavy (non-hydrogen) atoms. The molecule has 0 aliphatic rings. The Morgan fingerprint density at radius 1 is 1.10 bits per heavy atom. The molecule has 3 rings (SSSR count). The van der Waals surface area contributed by atoms with Gasteiger partial charge in [0.15, 0.2) is 5.58 Å². The molecule has 2 N–H and O–H groups in total. The van der Waals surface area contributed by atoms with Crippen molar-refractivity contribution in [2.24, 2.45) is 0 Å². The molecule has 0 bridgehead atoms. The van der Waals surface area contributed by atoms with Crippen LogP contribution in [0, 0.1) is 0 Å². The summed E-state index contributed by atoms with van der Waals surface area (Å²) in [4.78, 5) is 4.44. The van der Waals surface area contributed by atoms with Crippen LogP contribution in [0.15, 0.2) is 37.6 Å². The highest BCUT2D eigenvalue weighted by Gasteiger charge is 2.15. The number of benzene rings is 2. The van der Waals surface area contributed by atoms with E-state index >= 15 is 0 Å². The van der Waals surface area contributed by atoms with E-state index in [0.29, 0.717) is 37.2 Å². The normalized spacial score (nSPS) is 11.2. The highest BCUT2D eigenvalue weighted by molar-refractivity contribution is 9.11. The lowest BCUT2D eigenvalue weighted by atomic mass is 10.2. The predicted octanol–water partition coefficient (Wildman–Crippen LogP) is 5.91. The lowest BCUT2D eigenvalue weighted by Crippen LogP contribution is -1.88. The Kier molecular flexibility index (Phi) is 3.71. The van der Waals surface area contributed by atoms with Crippen molar-refractivity contribution in [1.29, 1.82) is 0 Å². The topological polar surface area (TPSA) is 52.0 Å². The maximum atomic E-state index is 6.01. The van der Waals surface area contributed by atoms with E-state index in [1.807, 2.05) is 0 Å². The summed E-state index contributed by atoms with van der Waals surface area (Å²) in [5.41, 5.74) is 8.53. The first-order chi connectivity index (χ1) is 9.47. The lowest BCUT2D eigenvalue weighted by molar-refractivity contribution is 0.619. The second-order valence-electron chi connectivity index (χ2n) is 4.08. The van der Waals surface area contributed by atoms with Crippen LogP contribution in [-0.4, -0.2) is 4.98 Å². The molecule has 2 aromatic carbocycles. The van der Waals surface area contributed by atoms with E-state index in [-0.39, 0.29) is 0 Å². The van der Waals surface area contributed by atoms with Crippen LogP contribution in [-0.2, 0) is 0 Å². The first-order valence-electron chi connectivity index (χ1n) is 5.47. The highest BCUT2D eigenvalue weighted by atomic mass is 79.9. The van der Waals surface area contributed by atoms with Gasteiger partial charge in [-0.2, -0.15) is 0 Å². The second-order valence-corrected chi connectivity index (χ2v) is 6.54. The van der Waals surface area contributed by atoms with Crippen molar-refractivity contribution in [2.75, 3.05) is 5.73 Å². The van der Waals surface area contributed by atoms with Crippen molar-refractivity contribution < 1.29 is 4.42 Å². The van der Waals surface area contributed by atoms with Crippen molar-refractivity contribution in [3.05, 3.63) is 43.3 Å². The number of hydrogen-bond acceptors (Lipinski definition) is 3. The molecule has 0 unspecified atom stereocenters. The van der Waals surface area contributed by atoms with E-state index in [9.17, 15) is 0 Å². The molecule has 1 aromatic heterocycles. The van der Waals surface area contributed by atoms with Crippen LogP contribution in [0.3, 0.4) is 0 Å². The number of nitrogens with zero attached hydrogens (tertiary/aromatic N) is 1. The fourth-order valence-electron chi connectivity index (χ4n) is 1.76. The van der Waals surface area contributed by atoms with Crippen molar-refractivity contribution in [1.82, 2.24) is 4.98 Å². The molecule has 7 heteroatoms. The highest BCUT2D eigenvalue weighted by Crippen LogP contribution is 2.38. The summed E-state index contributed by atoms with van der Waals surface area (Å²) in [6, 6.07) is 6.99. The number of nitrogen functional groups attached to an aromatic ring is 1. The minimum absolute atomic E-state index is 0.450. The molecule has 0 amide bonds. The molecule has 3 nitrogen and oxygen atoms in total. The number of aromatic nitrogens is 1. The fraction of sp³-hybridized carbons (Fsp3) is 0. The number of anilines is 1. The van der Waals surface area contributed by atoms with Gasteiger partial charge >= 0.3 is 0 Å². The van der Waals surface area contributed by atoms with Crippen LogP contribution in [0.2, 0.25) is 10.0 Å². The van der Waals surface area contributed by atoms with Crippen LogP contribution in [0.25, 0.3) is 22.6 Å². The van der Waals surface area contributed by atoms with Crippen LogP contribution < -0.4 is 5.73 Å².